The maximum atomic E-state index is 12.9. The van der Waals surface area contributed by atoms with Gasteiger partial charge < -0.3 is 20.7 Å². The Morgan fingerprint density at radius 2 is 1.73 bits per heavy atom. The third-order valence-corrected chi connectivity index (χ3v) is 4.43. The summed E-state index contributed by atoms with van der Waals surface area (Å²) in [5, 5.41) is 12.5. The summed E-state index contributed by atoms with van der Waals surface area (Å²) in [6.07, 6.45) is 1.51. The van der Waals surface area contributed by atoms with Gasteiger partial charge in [0.05, 0.1) is 12.8 Å². The number of nitrogens with one attached hydrogen (secondary N) is 1. The lowest BCUT2D eigenvalue weighted by molar-refractivity contribution is -0.112. The number of ether oxygens (including phenoxy) is 1. The molecule has 0 spiro atoms. The van der Waals surface area contributed by atoms with Crippen LogP contribution >= 0.6 is 0 Å². The summed E-state index contributed by atoms with van der Waals surface area (Å²) in [6, 6.07) is 24.1. The molecule has 0 aliphatic rings. The molecule has 0 aliphatic carbocycles. The molecule has 1 amide bonds. The Hall–Kier alpha value is -4.24. The standard InChI is InChI=1S/C24H22N4O2/c1-17-8-13-23(30-2)22(14-17)27-24(29)18(15-25)16-28(20-6-4-3-5-7-20)21-11-9-19(26)10-12-21/h3-14,16H,26H2,1-2H3,(H,27,29)/b18-16-. The van der Waals surface area contributed by atoms with Crippen LogP contribution < -0.4 is 20.7 Å². The van der Waals surface area contributed by atoms with E-state index in [1.807, 2.05) is 61.5 Å². The molecule has 0 unspecified atom stereocenters. The molecule has 0 fully saturated rings. The van der Waals surface area contributed by atoms with Crippen molar-refractivity contribution in [2.75, 3.05) is 23.1 Å². The summed E-state index contributed by atoms with van der Waals surface area (Å²) in [6.45, 7) is 1.91. The van der Waals surface area contributed by atoms with Gasteiger partial charge in [0, 0.05) is 23.3 Å². The molecule has 0 atom stereocenters. The van der Waals surface area contributed by atoms with Crippen LogP contribution in [-0.2, 0) is 4.79 Å². The van der Waals surface area contributed by atoms with E-state index in [1.165, 1.54) is 13.3 Å². The predicted octanol–water partition coefficient (Wildman–Crippen LogP) is 4.77. The second kappa shape index (κ2) is 9.30. The molecule has 30 heavy (non-hydrogen) atoms. The van der Waals surface area contributed by atoms with Crippen molar-refractivity contribution in [1.29, 1.82) is 5.26 Å². The third-order valence-electron chi connectivity index (χ3n) is 4.43. The van der Waals surface area contributed by atoms with Crippen LogP contribution in [0.15, 0.2) is 84.6 Å². The van der Waals surface area contributed by atoms with Crippen molar-refractivity contribution in [2.24, 2.45) is 0 Å². The minimum Gasteiger partial charge on any atom is -0.495 e. The first-order valence-corrected chi connectivity index (χ1v) is 9.29. The van der Waals surface area contributed by atoms with Crippen molar-refractivity contribution < 1.29 is 9.53 Å². The highest BCUT2D eigenvalue weighted by molar-refractivity contribution is 6.07. The first-order chi connectivity index (χ1) is 14.5. The minimum atomic E-state index is -0.530. The number of carbonyl (C=O) groups is 1. The number of benzene rings is 3. The summed E-state index contributed by atoms with van der Waals surface area (Å²) >= 11 is 0. The average Bonchev–Trinajstić information content (AvgIpc) is 2.76. The molecule has 6 nitrogen and oxygen atoms in total. The lowest BCUT2D eigenvalue weighted by atomic mass is 10.2. The number of methoxy groups -OCH3 is 1. The summed E-state index contributed by atoms with van der Waals surface area (Å²) < 4.78 is 5.31. The first kappa shape index (κ1) is 20.5. The third kappa shape index (κ3) is 4.78. The molecule has 0 aliphatic heterocycles. The Morgan fingerprint density at radius 3 is 2.37 bits per heavy atom. The van der Waals surface area contributed by atoms with Crippen LogP contribution in [-0.4, -0.2) is 13.0 Å². The Bertz CT molecular complexity index is 1100. The van der Waals surface area contributed by atoms with Crippen LogP contribution in [0.2, 0.25) is 0 Å². The zero-order chi connectivity index (χ0) is 21.5. The smallest absolute Gasteiger partial charge is 0.267 e. The summed E-state index contributed by atoms with van der Waals surface area (Å²) in [5.74, 6) is -0.0116. The van der Waals surface area contributed by atoms with Crippen molar-refractivity contribution in [3.05, 3.63) is 90.1 Å². The highest BCUT2D eigenvalue weighted by Gasteiger charge is 2.16. The topological polar surface area (TPSA) is 91.4 Å². The molecule has 0 radical (unpaired) electrons. The van der Waals surface area contributed by atoms with Crippen molar-refractivity contribution in [3.8, 4) is 11.8 Å². The van der Waals surface area contributed by atoms with Gasteiger partial charge in [0.2, 0.25) is 0 Å². The number of nitrogens with zero attached hydrogens (tertiary/aromatic N) is 2. The van der Waals surface area contributed by atoms with Crippen LogP contribution in [0.3, 0.4) is 0 Å². The summed E-state index contributed by atoms with van der Waals surface area (Å²) in [7, 11) is 1.53. The molecule has 0 bridgehead atoms. The van der Waals surface area contributed by atoms with Gasteiger partial charge in [-0.3, -0.25) is 4.79 Å². The van der Waals surface area contributed by atoms with E-state index in [4.69, 9.17) is 10.5 Å². The Balaban J connectivity index is 1.98. The highest BCUT2D eigenvalue weighted by Crippen LogP contribution is 2.28. The number of anilines is 4. The molecule has 150 valence electrons. The summed E-state index contributed by atoms with van der Waals surface area (Å²) in [5.41, 5.74) is 9.40. The number of aryl methyl sites for hydroxylation is 1. The number of nitrogens with two attached hydrogens (primary N) is 1. The van der Waals surface area contributed by atoms with E-state index in [0.29, 0.717) is 17.1 Å². The van der Waals surface area contributed by atoms with Crippen molar-refractivity contribution in [1.82, 2.24) is 0 Å². The lowest BCUT2D eigenvalue weighted by Crippen LogP contribution is -2.18. The molecule has 0 heterocycles. The van der Waals surface area contributed by atoms with Gasteiger partial charge in [-0.05, 0) is 61.0 Å². The van der Waals surface area contributed by atoms with Crippen LogP contribution in [0.5, 0.6) is 5.75 Å². The van der Waals surface area contributed by atoms with E-state index in [2.05, 4.69) is 5.32 Å². The SMILES string of the molecule is COc1ccc(C)cc1NC(=O)/C(C#N)=C\N(c1ccccc1)c1ccc(N)cc1. The number of rotatable bonds is 6. The monoisotopic (exact) mass is 398 g/mol. The molecule has 3 aromatic carbocycles. The Labute approximate surface area is 175 Å². The van der Waals surface area contributed by atoms with Crippen LogP contribution in [0.25, 0.3) is 0 Å². The van der Waals surface area contributed by atoms with Gasteiger partial charge in [0.25, 0.3) is 5.91 Å². The lowest BCUT2D eigenvalue weighted by Gasteiger charge is -2.21. The first-order valence-electron chi connectivity index (χ1n) is 9.29. The molecule has 0 saturated carbocycles. The van der Waals surface area contributed by atoms with Crippen LogP contribution in [0, 0.1) is 18.3 Å². The van der Waals surface area contributed by atoms with E-state index in [-0.39, 0.29) is 5.57 Å². The van der Waals surface area contributed by atoms with E-state index < -0.39 is 5.91 Å². The molecule has 3 N–H and O–H groups in total. The maximum absolute atomic E-state index is 12.9. The highest BCUT2D eigenvalue weighted by atomic mass is 16.5. The van der Waals surface area contributed by atoms with E-state index in [9.17, 15) is 10.1 Å². The molecular formula is C24H22N4O2. The van der Waals surface area contributed by atoms with E-state index in [0.717, 1.165) is 16.9 Å². The van der Waals surface area contributed by atoms with Crippen molar-refractivity contribution in [2.45, 2.75) is 6.92 Å². The molecular weight excluding hydrogens is 376 g/mol. The number of nitrogen functional groups attached to an aromatic ring is 1. The maximum Gasteiger partial charge on any atom is 0.267 e. The van der Waals surface area contributed by atoms with Crippen molar-refractivity contribution in [3.63, 3.8) is 0 Å². The second-order valence-electron chi connectivity index (χ2n) is 6.61. The molecule has 6 heteroatoms. The fraction of sp³-hybridized carbons (Fsp3) is 0.0833. The quantitative estimate of drug-likeness (QED) is 0.354. The summed E-state index contributed by atoms with van der Waals surface area (Å²) in [4.78, 5) is 14.6. The van der Waals surface area contributed by atoms with Crippen molar-refractivity contribution >= 4 is 28.7 Å². The number of hydrogen-bond acceptors (Lipinski definition) is 5. The number of nitriles is 1. The van der Waals surface area contributed by atoms with Crippen LogP contribution in [0.1, 0.15) is 5.56 Å². The zero-order valence-corrected chi connectivity index (χ0v) is 16.8. The largest absolute Gasteiger partial charge is 0.495 e. The number of hydrogen-bond donors (Lipinski definition) is 2. The molecule has 0 saturated heterocycles. The minimum absolute atomic E-state index is 0.0563. The predicted molar refractivity (Wildman–Crippen MR) is 119 cm³/mol. The van der Waals surface area contributed by atoms with Gasteiger partial charge >= 0.3 is 0 Å². The molecule has 0 aromatic heterocycles. The number of para-hydroxylation sites is 1. The molecule has 3 aromatic rings. The van der Waals surface area contributed by atoms with Gasteiger partial charge in [-0.25, -0.2) is 0 Å². The average molecular weight is 398 g/mol. The Morgan fingerprint density at radius 1 is 1.07 bits per heavy atom. The van der Waals surface area contributed by atoms with Gasteiger partial charge in [0.15, 0.2) is 0 Å². The fourth-order valence-corrected chi connectivity index (χ4v) is 2.90. The fourth-order valence-electron chi connectivity index (χ4n) is 2.90. The van der Waals surface area contributed by atoms with Crippen LogP contribution in [0.4, 0.5) is 22.7 Å². The normalized spacial score (nSPS) is 10.8. The Kier molecular flexibility index (Phi) is 6.36. The zero-order valence-electron chi connectivity index (χ0n) is 16.8. The van der Waals surface area contributed by atoms with Gasteiger partial charge in [0.1, 0.15) is 17.4 Å². The van der Waals surface area contributed by atoms with Gasteiger partial charge in [-0.2, -0.15) is 5.26 Å². The van der Waals surface area contributed by atoms with Gasteiger partial charge in [-0.15, -0.1) is 0 Å². The molecule has 3 rings (SSSR count). The van der Waals surface area contributed by atoms with E-state index in [1.54, 1.807) is 29.2 Å². The second-order valence-corrected chi connectivity index (χ2v) is 6.61. The van der Waals surface area contributed by atoms with E-state index >= 15 is 0 Å². The number of amides is 1. The van der Waals surface area contributed by atoms with Gasteiger partial charge in [-0.1, -0.05) is 24.3 Å². The number of carbonyl (C=O) groups excluding carboxylic acids is 1.